The molecule has 1 aliphatic carbocycles. The summed E-state index contributed by atoms with van der Waals surface area (Å²) >= 11 is 0. The summed E-state index contributed by atoms with van der Waals surface area (Å²) in [5.74, 6) is 1.46. The van der Waals surface area contributed by atoms with E-state index in [4.69, 9.17) is 5.73 Å². The summed E-state index contributed by atoms with van der Waals surface area (Å²) in [5, 5.41) is 0. The monoisotopic (exact) mass is 286 g/mol. The molecule has 2 N–H and O–H groups in total. The third-order valence-electron chi connectivity index (χ3n) is 5.78. The molecule has 2 heteroatoms. The number of nitrogens with two attached hydrogens (primary N) is 1. The minimum Gasteiger partial charge on any atom is -0.329 e. The molecule has 1 aliphatic heterocycles. The van der Waals surface area contributed by atoms with E-state index in [1.54, 1.807) is 0 Å². The molecule has 3 rings (SSSR count). The van der Waals surface area contributed by atoms with Gasteiger partial charge in [0.2, 0.25) is 0 Å². The maximum absolute atomic E-state index is 6.13. The molecule has 1 aromatic rings. The average molecular weight is 286 g/mol. The third-order valence-corrected chi connectivity index (χ3v) is 5.78. The predicted molar refractivity (Wildman–Crippen MR) is 89.4 cm³/mol. The number of hydrogen-bond donors (Lipinski definition) is 1. The molecule has 21 heavy (non-hydrogen) atoms. The Morgan fingerprint density at radius 2 is 1.81 bits per heavy atom. The van der Waals surface area contributed by atoms with E-state index in [9.17, 15) is 0 Å². The lowest BCUT2D eigenvalue weighted by atomic mass is 9.77. The highest BCUT2D eigenvalue weighted by atomic mass is 15.2. The van der Waals surface area contributed by atoms with Gasteiger partial charge in [-0.1, -0.05) is 50.1 Å². The van der Waals surface area contributed by atoms with Crippen LogP contribution < -0.4 is 5.73 Å². The minimum absolute atomic E-state index is 0.591. The van der Waals surface area contributed by atoms with Crippen LogP contribution >= 0.6 is 0 Å². The summed E-state index contributed by atoms with van der Waals surface area (Å²) in [5.41, 5.74) is 7.67. The van der Waals surface area contributed by atoms with Crippen LogP contribution in [0.4, 0.5) is 0 Å². The van der Waals surface area contributed by atoms with Crippen molar-refractivity contribution in [2.24, 2.45) is 11.7 Å². The normalized spacial score (nSPS) is 34.8. The zero-order valence-corrected chi connectivity index (χ0v) is 13.4. The Balaban J connectivity index is 1.83. The fourth-order valence-corrected chi connectivity index (χ4v) is 4.66. The smallest absolute Gasteiger partial charge is 0.0247 e. The molecule has 1 saturated heterocycles. The summed E-state index contributed by atoms with van der Waals surface area (Å²) < 4.78 is 0. The van der Waals surface area contributed by atoms with Gasteiger partial charge in [0, 0.05) is 18.6 Å². The van der Waals surface area contributed by atoms with E-state index < -0.39 is 0 Å². The van der Waals surface area contributed by atoms with Gasteiger partial charge in [-0.25, -0.2) is 0 Å². The highest BCUT2D eigenvalue weighted by molar-refractivity contribution is 5.22. The molecule has 1 aromatic carbocycles. The van der Waals surface area contributed by atoms with Crippen LogP contribution in [0, 0.1) is 5.92 Å². The van der Waals surface area contributed by atoms with Gasteiger partial charge >= 0.3 is 0 Å². The SMILES string of the molecule is CC1CCCN(C2CCCCC2c2ccccc2)C1CN. The molecule has 0 radical (unpaired) electrons. The largest absolute Gasteiger partial charge is 0.329 e. The van der Waals surface area contributed by atoms with E-state index in [0.29, 0.717) is 18.0 Å². The Morgan fingerprint density at radius 3 is 2.57 bits per heavy atom. The number of rotatable bonds is 3. The van der Waals surface area contributed by atoms with Gasteiger partial charge in [0.1, 0.15) is 0 Å². The van der Waals surface area contributed by atoms with Crippen LogP contribution in [0.15, 0.2) is 30.3 Å². The molecule has 116 valence electrons. The van der Waals surface area contributed by atoms with E-state index in [-0.39, 0.29) is 0 Å². The fraction of sp³-hybridized carbons (Fsp3) is 0.684. The molecule has 0 spiro atoms. The molecule has 4 atom stereocenters. The van der Waals surface area contributed by atoms with E-state index in [1.165, 1.54) is 50.6 Å². The maximum atomic E-state index is 6.13. The van der Waals surface area contributed by atoms with Crippen molar-refractivity contribution in [2.45, 2.75) is 63.5 Å². The Morgan fingerprint density at radius 1 is 1.05 bits per heavy atom. The minimum atomic E-state index is 0.591. The van der Waals surface area contributed by atoms with Crippen molar-refractivity contribution in [1.82, 2.24) is 4.90 Å². The van der Waals surface area contributed by atoms with Gasteiger partial charge in [-0.2, -0.15) is 0 Å². The molecule has 0 amide bonds. The molecule has 2 fully saturated rings. The number of piperidine rings is 1. The fourth-order valence-electron chi connectivity index (χ4n) is 4.66. The quantitative estimate of drug-likeness (QED) is 0.916. The Labute approximate surface area is 129 Å². The Kier molecular flexibility index (Phi) is 4.97. The summed E-state index contributed by atoms with van der Waals surface area (Å²) in [6.45, 7) is 4.46. The van der Waals surface area contributed by atoms with Crippen molar-refractivity contribution < 1.29 is 0 Å². The average Bonchev–Trinajstić information content (AvgIpc) is 2.55. The Hall–Kier alpha value is -0.860. The lowest BCUT2D eigenvalue weighted by molar-refractivity contribution is 0.0346. The molecule has 1 saturated carbocycles. The molecular formula is C19H30N2. The van der Waals surface area contributed by atoms with Gasteiger partial charge in [-0.3, -0.25) is 4.90 Å². The number of likely N-dealkylation sites (tertiary alicyclic amines) is 1. The molecule has 1 heterocycles. The number of hydrogen-bond acceptors (Lipinski definition) is 2. The van der Waals surface area contributed by atoms with Crippen LogP contribution in [0.3, 0.4) is 0 Å². The predicted octanol–water partition coefficient (Wildman–Crippen LogP) is 3.77. The second-order valence-electron chi connectivity index (χ2n) is 7.03. The lowest BCUT2D eigenvalue weighted by Crippen LogP contribution is -2.55. The van der Waals surface area contributed by atoms with Crippen molar-refractivity contribution in [1.29, 1.82) is 0 Å². The molecule has 0 bridgehead atoms. The maximum Gasteiger partial charge on any atom is 0.0247 e. The van der Waals surface area contributed by atoms with Gasteiger partial charge in [-0.05, 0) is 49.6 Å². The first-order valence-electron chi connectivity index (χ1n) is 8.82. The lowest BCUT2D eigenvalue weighted by Gasteiger charge is -2.48. The van der Waals surface area contributed by atoms with Crippen LogP contribution in [0.1, 0.15) is 56.9 Å². The zero-order valence-electron chi connectivity index (χ0n) is 13.4. The molecule has 2 aliphatic rings. The van der Waals surface area contributed by atoms with Crippen molar-refractivity contribution in [3.8, 4) is 0 Å². The van der Waals surface area contributed by atoms with Crippen LogP contribution in [0.5, 0.6) is 0 Å². The first kappa shape index (κ1) is 15.1. The molecule has 4 unspecified atom stereocenters. The molecule has 2 nitrogen and oxygen atoms in total. The van der Waals surface area contributed by atoms with E-state index in [0.717, 1.165) is 12.5 Å². The summed E-state index contributed by atoms with van der Waals surface area (Å²) in [4.78, 5) is 2.78. The van der Waals surface area contributed by atoms with Gasteiger partial charge < -0.3 is 5.73 Å². The van der Waals surface area contributed by atoms with Crippen molar-refractivity contribution in [3.63, 3.8) is 0 Å². The van der Waals surface area contributed by atoms with Crippen molar-refractivity contribution >= 4 is 0 Å². The number of benzene rings is 1. The second-order valence-corrected chi connectivity index (χ2v) is 7.03. The van der Waals surface area contributed by atoms with Crippen LogP contribution in [0.2, 0.25) is 0 Å². The Bertz CT molecular complexity index is 430. The molecular weight excluding hydrogens is 256 g/mol. The van der Waals surface area contributed by atoms with E-state index in [1.807, 2.05) is 0 Å². The van der Waals surface area contributed by atoms with Crippen LogP contribution in [0.25, 0.3) is 0 Å². The summed E-state index contributed by atoms with van der Waals surface area (Å²) in [6.07, 6.45) is 8.15. The van der Waals surface area contributed by atoms with Crippen molar-refractivity contribution in [2.75, 3.05) is 13.1 Å². The number of nitrogens with zero attached hydrogens (tertiary/aromatic N) is 1. The van der Waals surface area contributed by atoms with Gasteiger partial charge in [0.05, 0.1) is 0 Å². The first-order chi connectivity index (χ1) is 10.3. The third kappa shape index (κ3) is 3.17. The zero-order chi connectivity index (χ0) is 14.7. The van der Waals surface area contributed by atoms with E-state index in [2.05, 4.69) is 42.2 Å². The van der Waals surface area contributed by atoms with Crippen LogP contribution in [-0.4, -0.2) is 30.1 Å². The second kappa shape index (κ2) is 6.93. The molecule has 0 aromatic heterocycles. The van der Waals surface area contributed by atoms with E-state index >= 15 is 0 Å². The van der Waals surface area contributed by atoms with Gasteiger partial charge in [0.15, 0.2) is 0 Å². The summed E-state index contributed by atoms with van der Waals surface area (Å²) in [6, 6.07) is 12.5. The standard InChI is InChI=1S/C19H30N2/c1-15-8-7-13-21(19(15)14-20)18-12-6-5-11-17(18)16-9-3-2-4-10-16/h2-4,9-10,15,17-19H,5-8,11-14,20H2,1H3. The topological polar surface area (TPSA) is 29.3 Å². The highest BCUT2D eigenvalue weighted by Gasteiger charge is 2.37. The van der Waals surface area contributed by atoms with Gasteiger partial charge in [-0.15, -0.1) is 0 Å². The van der Waals surface area contributed by atoms with Gasteiger partial charge in [0.25, 0.3) is 0 Å². The van der Waals surface area contributed by atoms with Crippen LogP contribution in [-0.2, 0) is 0 Å². The summed E-state index contributed by atoms with van der Waals surface area (Å²) in [7, 11) is 0. The highest BCUT2D eigenvalue weighted by Crippen LogP contribution is 2.39. The first-order valence-corrected chi connectivity index (χ1v) is 8.82. The van der Waals surface area contributed by atoms with Crippen molar-refractivity contribution in [3.05, 3.63) is 35.9 Å².